The van der Waals surface area contributed by atoms with E-state index in [-0.39, 0.29) is 17.0 Å². The maximum Gasteiger partial charge on any atom is 0.161 e. The van der Waals surface area contributed by atoms with Gasteiger partial charge >= 0.3 is 0 Å². The van der Waals surface area contributed by atoms with Crippen LogP contribution in [0.2, 0.25) is 0 Å². The Morgan fingerprint density at radius 1 is 1.09 bits per heavy atom. The number of carbonyl (C=O) groups excluding carboxylic acids is 2. The third kappa shape index (κ3) is 4.48. The molecule has 0 aromatic rings. The van der Waals surface area contributed by atoms with E-state index in [0.717, 1.165) is 0 Å². The molecule has 0 saturated carbocycles. The van der Waals surface area contributed by atoms with Gasteiger partial charge in [-0.3, -0.25) is 9.59 Å². The molecule has 0 aliphatic rings. The molecule has 0 bridgehead atoms. The molecule has 0 radical (unpaired) electrons. The van der Waals surface area contributed by atoms with E-state index in [1.807, 2.05) is 20.8 Å². The molecular formula is C9H14O2. The van der Waals surface area contributed by atoms with Crippen LogP contribution in [0, 0.1) is 5.41 Å². The quantitative estimate of drug-likeness (QED) is 0.568. The number of allylic oxidation sites excluding steroid dienone is 2. The summed E-state index contributed by atoms with van der Waals surface area (Å²) in [5, 5.41) is 0. The first kappa shape index (κ1) is 10.1. The van der Waals surface area contributed by atoms with Gasteiger partial charge in [0.25, 0.3) is 0 Å². The van der Waals surface area contributed by atoms with Gasteiger partial charge in [0.1, 0.15) is 0 Å². The van der Waals surface area contributed by atoms with Gasteiger partial charge in [-0.05, 0) is 19.1 Å². The van der Waals surface area contributed by atoms with Gasteiger partial charge in [0.05, 0.1) is 0 Å². The van der Waals surface area contributed by atoms with Gasteiger partial charge in [0, 0.05) is 5.41 Å². The summed E-state index contributed by atoms with van der Waals surface area (Å²) in [5.41, 5.74) is -0.383. The summed E-state index contributed by atoms with van der Waals surface area (Å²) < 4.78 is 0. The SMILES string of the molecule is CC(=O)C=CC(=O)C(C)(C)C. The normalized spacial score (nSPS) is 12.0. The highest BCUT2D eigenvalue weighted by molar-refractivity contribution is 5.99. The van der Waals surface area contributed by atoms with E-state index < -0.39 is 0 Å². The van der Waals surface area contributed by atoms with Crippen LogP contribution in [0.1, 0.15) is 27.7 Å². The second-order valence-corrected chi connectivity index (χ2v) is 3.56. The topological polar surface area (TPSA) is 34.1 Å². The zero-order valence-electron chi connectivity index (χ0n) is 7.47. The average molecular weight is 154 g/mol. The summed E-state index contributed by atoms with van der Waals surface area (Å²) in [7, 11) is 0. The summed E-state index contributed by atoms with van der Waals surface area (Å²) in [4.78, 5) is 21.6. The fourth-order valence-electron chi connectivity index (χ4n) is 0.443. The minimum absolute atomic E-state index is 0.0206. The van der Waals surface area contributed by atoms with Crippen molar-refractivity contribution < 1.29 is 9.59 Å². The van der Waals surface area contributed by atoms with Gasteiger partial charge < -0.3 is 0 Å². The van der Waals surface area contributed by atoms with Crippen molar-refractivity contribution in [3.63, 3.8) is 0 Å². The van der Waals surface area contributed by atoms with Crippen LogP contribution in [0.15, 0.2) is 12.2 Å². The van der Waals surface area contributed by atoms with E-state index >= 15 is 0 Å². The predicted octanol–water partition coefficient (Wildman–Crippen LogP) is 1.75. The van der Waals surface area contributed by atoms with Crippen LogP contribution >= 0.6 is 0 Å². The summed E-state index contributed by atoms with van der Waals surface area (Å²) in [6.07, 6.45) is 2.63. The average Bonchev–Trinajstić information content (AvgIpc) is 1.80. The molecule has 0 amide bonds. The molecule has 62 valence electrons. The van der Waals surface area contributed by atoms with Crippen LogP contribution in [0.4, 0.5) is 0 Å². The Kier molecular flexibility index (Phi) is 3.18. The van der Waals surface area contributed by atoms with Crippen LogP contribution in [0.5, 0.6) is 0 Å². The molecule has 0 saturated heterocycles. The zero-order valence-corrected chi connectivity index (χ0v) is 7.47. The molecule has 2 nitrogen and oxygen atoms in total. The van der Waals surface area contributed by atoms with E-state index in [1.54, 1.807) is 0 Å². The van der Waals surface area contributed by atoms with Crippen molar-refractivity contribution in [2.75, 3.05) is 0 Å². The van der Waals surface area contributed by atoms with Crippen LogP contribution in [-0.4, -0.2) is 11.6 Å². The van der Waals surface area contributed by atoms with Crippen molar-refractivity contribution in [3.8, 4) is 0 Å². The number of ketones is 2. The van der Waals surface area contributed by atoms with Crippen molar-refractivity contribution in [2.24, 2.45) is 5.41 Å². The van der Waals surface area contributed by atoms with Crippen molar-refractivity contribution in [3.05, 3.63) is 12.2 Å². The van der Waals surface area contributed by atoms with E-state index in [9.17, 15) is 9.59 Å². The van der Waals surface area contributed by atoms with Crippen molar-refractivity contribution in [1.29, 1.82) is 0 Å². The van der Waals surface area contributed by atoms with Crippen molar-refractivity contribution >= 4 is 11.6 Å². The largest absolute Gasteiger partial charge is 0.295 e. The first-order chi connectivity index (χ1) is 4.84. The highest BCUT2D eigenvalue weighted by Gasteiger charge is 2.17. The predicted molar refractivity (Wildman–Crippen MR) is 44.3 cm³/mol. The lowest BCUT2D eigenvalue weighted by molar-refractivity contribution is -0.121. The maximum atomic E-state index is 11.1. The zero-order chi connectivity index (χ0) is 9.07. The van der Waals surface area contributed by atoms with E-state index in [1.165, 1.54) is 19.1 Å². The Bertz CT molecular complexity index is 194. The monoisotopic (exact) mass is 154 g/mol. The van der Waals surface area contributed by atoms with Crippen LogP contribution in [-0.2, 0) is 9.59 Å². The maximum absolute atomic E-state index is 11.1. The molecule has 0 spiro atoms. The molecule has 0 aliphatic heterocycles. The van der Waals surface area contributed by atoms with Gasteiger partial charge in [-0.25, -0.2) is 0 Å². The van der Waals surface area contributed by atoms with E-state index in [2.05, 4.69) is 0 Å². The van der Waals surface area contributed by atoms with E-state index in [4.69, 9.17) is 0 Å². The smallest absolute Gasteiger partial charge is 0.161 e. The molecule has 0 atom stereocenters. The molecule has 2 heteroatoms. The Morgan fingerprint density at radius 2 is 1.55 bits per heavy atom. The van der Waals surface area contributed by atoms with Gasteiger partial charge in [-0.2, -0.15) is 0 Å². The number of hydrogen-bond acceptors (Lipinski definition) is 2. The van der Waals surface area contributed by atoms with E-state index in [0.29, 0.717) is 0 Å². The Balaban J connectivity index is 4.20. The van der Waals surface area contributed by atoms with Crippen molar-refractivity contribution in [2.45, 2.75) is 27.7 Å². The first-order valence-corrected chi connectivity index (χ1v) is 3.57. The molecule has 0 aromatic heterocycles. The molecule has 0 N–H and O–H groups in total. The lowest BCUT2D eigenvalue weighted by Crippen LogP contribution is -2.17. The number of hydrogen-bond donors (Lipinski definition) is 0. The molecular weight excluding hydrogens is 140 g/mol. The van der Waals surface area contributed by atoms with Crippen LogP contribution < -0.4 is 0 Å². The lowest BCUT2D eigenvalue weighted by Gasteiger charge is -2.12. The van der Waals surface area contributed by atoms with Gasteiger partial charge in [0.15, 0.2) is 11.6 Å². The molecule has 0 rings (SSSR count). The summed E-state index contributed by atoms with van der Waals surface area (Å²) >= 11 is 0. The standard InChI is InChI=1S/C9H14O2/c1-7(10)5-6-8(11)9(2,3)4/h5-6H,1-4H3. The first-order valence-electron chi connectivity index (χ1n) is 3.57. The Morgan fingerprint density at radius 3 is 1.82 bits per heavy atom. The Hall–Kier alpha value is -0.920. The molecule has 0 heterocycles. The highest BCUT2D eigenvalue weighted by Crippen LogP contribution is 2.14. The second-order valence-electron chi connectivity index (χ2n) is 3.56. The third-order valence-electron chi connectivity index (χ3n) is 1.21. The molecule has 0 unspecified atom stereocenters. The fraction of sp³-hybridized carbons (Fsp3) is 0.556. The van der Waals surface area contributed by atoms with Gasteiger partial charge in [-0.15, -0.1) is 0 Å². The molecule has 11 heavy (non-hydrogen) atoms. The van der Waals surface area contributed by atoms with Crippen LogP contribution in [0.25, 0.3) is 0 Å². The van der Waals surface area contributed by atoms with Crippen LogP contribution in [0.3, 0.4) is 0 Å². The Labute approximate surface area is 67.3 Å². The lowest BCUT2D eigenvalue weighted by atomic mass is 9.90. The van der Waals surface area contributed by atoms with Gasteiger partial charge in [-0.1, -0.05) is 20.8 Å². The second kappa shape index (κ2) is 3.46. The highest BCUT2D eigenvalue weighted by atomic mass is 16.1. The minimum atomic E-state index is -0.383. The van der Waals surface area contributed by atoms with Gasteiger partial charge in [0.2, 0.25) is 0 Å². The number of rotatable bonds is 2. The molecule has 0 aromatic carbocycles. The van der Waals surface area contributed by atoms with Crippen molar-refractivity contribution in [1.82, 2.24) is 0 Å². The number of carbonyl (C=O) groups is 2. The minimum Gasteiger partial charge on any atom is -0.295 e. The third-order valence-corrected chi connectivity index (χ3v) is 1.21. The molecule has 0 aliphatic carbocycles. The summed E-state index contributed by atoms with van der Waals surface area (Å²) in [6.45, 7) is 6.88. The summed E-state index contributed by atoms with van der Waals surface area (Å²) in [5.74, 6) is -0.115. The fourth-order valence-corrected chi connectivity index (χ4v) is 0.443. The molecule has 0 fully saturated rings. The summed E-state index contributed by atoms with van der Waals surface area (Å²) in [6, 6.07) is 0.